The minimum atomic E-state index is -0.725. The fourth-order valence-corrected chi connectivity index (χ4v) is 2.68. The lowest BCUT2D eigenvalue weighted by atomic mass is 9.84. The molecule has 0 heterocycles. The van der Waals surface area contributed by atoms with Crippen LogP contribution in [-0.4, -0.2) is 9.75 Å². The van der Waals surface area contributed by atoms with Crippen molar-refractivity contribution in [2.24, 2.45) is 0 Å². The Labute approximate surface area is 105 Å². The van der Waals surface area contributed by atoms with Crippen LogP contribution in [0.1, 0.15) is 27.7 Å². The molecule has 0 fully saturated rings. The van der Waals surface area contributed by atoms with Crippen LogP contribution >= 0.6 is 46.4 Å². The molecule has 2 atom stereocenters. The monoisotopic (exact) mass is 272 g/mol. The maximum atomic E-state index is 6.30. The molecule has 0 aliphatic heterocycles. The topological polar surface area (TPSA) is 0 Å². The van der Waals surface area contributed by atoms with Gasteiger partial charge in [-0.15, -0.1) is 23.2 Å². The number of allylic oxidation sites excluding steroid dienone is 4. The third-order valence-electron chi connectivity index (χ3n) is 2.89. The standard InChI is InChI=1S/C10H12Cl4/c1-5-7(11)10(4,14)6(2)8(12)9(5,3)13/h1-4H3. The molecule has 0 aromatic heterocycles. The maximum Gasteiger partial charge on any atom is 0.0993 e. The van der Waals surface area contributed by atoms with Crippen LogP contribution in [0, 0.1) is 0 Å². The fourth-order valence-electron chi connectivity index (χ4n) is 1.45. The Morgan fingerprint density at radius 1 is 0.786 bits per heavy atom. The normalized spacial score (nSPS) is 39.4. The molecule has 0 aromatic rings. The molecule has 1 rings (SSSR count). The van der Waals surface area contributed by atoms with Gasteiger partial charge in [-0.05, 0) is 38.8 Å². The van der Waals surface area contributed by atoms with E-state index < -0.39 is 9.75 Å². The van der Waals surface area contributed by atoms with Crippen LogP contribution in [-0.2, 0) is 0 Å². The summed E-state index contributed by atoms with van der Waals surface area (Å²) in [5.41, 5.74) is 1.63. The number of hydrogen-bond acceptors (Lipinski definition) is 0. The van der Waals surface area contributed by atoms with Crippen LogP contribution < -0.4 is 0 Å². The van der Waals surface area contributed by atoms with Crippen LogP contribution in [0.25, 0.3) is 0 Å². The van der Waals surface area contributed by atoms with Gasteiger partial charge in [0.1, 0.15) is 0 Å². The largest absolute Gasteiger partial charge is 0.109 e. The van der Waals surface area contributed by atoms with E-state index in [0.717, 1.165) is 11.1 Å². The van der Waals surface area contributed by atoms with Crippen molar-refractivity contribution in [2.75, 3.05) is 0 Å². The predicted octanol–water partition coefficient (Wildman–Crippen LogP) is 5.02. The Morgan fingerprint density at radius 2 is 1.00 bits per heavy atom. The first-order valence-electron chi connectivity index (χ1n) is 4.26. The SMILES string of the molecule is CC1=C(Cl)C(C)(Cl)C(C)=C(Cl)C1(C)Cl. The van der Waals surface area contributed by atoms with E-state index in [1.807, 2.05) is 27.7 Å². The quantitative estimate of drug-likeness (QED) is 0.544. The predicted molar refractivity (Wildman–Crippen MR) is 65.6 cm³/mol. The van der Waals surface area contributed by atoms with Crippen molar-refractivity contribution in [2.45, 2.75) is 37.4 Å². The van der Waals surface area contributed by atoms with E-state index in [-0.39, 0.29) is 0 Å². The van der Waals surface area contributed by atoms with Crippen LogP contribution in [0.3, 0.4) is 0 Å². The highest BCUT2D eigenvalue weighted by Gasteiger charge is 2.43. The maximum absolute atomic E-state index is 6.30. The zero-order valence-corrected chi connectivity index (χ0v) is 11.5. The minimum Gasteiger partial charge on any atom is -0.109 e. The Balaban J connectivity index is 3.46. The molecule has 80 valence electrons. The molecule has 0 saturated heterocycles. The highest BCUT2D eigenvalue weighted by Crippen LogP contribution is 2.51. The molecule has 0 radical (unpaired) electrons. The molecule has 0 spiro atoms. The van der Waals surface area contributed by atoms with E-state index in [1.165, 1.54) is 0 Å². The molecule has 0 bridgehead atoms. The molecular weight excluding hydrogens is 262 g/mol. The average Bonchev–Trinajstić information content (AvgIpc) is 2.11. The van der Waals surface area contributed by atoms with Crippen LogP contribution in [0.5, 0.6) is 0 Å². The van der Waals surface area contributed by atoms with Crippen molar-refractivity contribution in [1.29, 1.82) is 0 Å². The Morgan fingerprint density at radius 3 is 1.21 bits per heavy atom. The molecule has 0 aromatic carbocycles. The number of hydrogen-bond donors (Lipinski definition) is 0. The summed E-state index contributed by atoms with van der Waals surface area (Å²) in [7, 11) is 0. The molecule has 2 unspecified atom stereocenters. The van der Waals surface area contributed by atoms with Crippen molar-refractivity contribution in [1.82, 2.24) is 0 Å². The van der Waals surface area contributed by atoms with Gasteiger partial charge in [-0.2, -0.15) is 0 Å². The summed E-state index contributed by atoms with van der Waals surface area (Å²) in [4.78, 5) is -1.45. The van der Waals surface area contributed by atoms with E-state index in [2.05, 4.69) is 0 Å². The first-order chi connectivity index (χ1) is 6.13. The Bertz CT molecular complexity index is 272. The van der Waals surface area contributed by atoms with Gasteiger partial charge in [0.2, 0.25) is 0 Å². The van der Waals surface area contributed by atoms with Gasteiger partial charge < -0.3 is 0 Å². The van der Waals surface area contributed by atoms with Gasteiger partial charge in [0.15, 0.2) is 0 Å². The van der Waals surface area contributed by atoms with Gasteiger partial charge in [-0.3, -0.25) is 0 Å². The Hall–Kier alpha value is 0.640. The van der Waals surface area contributed by atoms with Crippen LogP contribution in [0.2, 0.25) is 0 Å². The van der Waals surface area contributed by atoms with E-state index in [1.54, 1.807) is 0 Å². The minimum absolute atomic E-state index is 0.568. The van der Waals surface area contributed by atoms with E-state index in [4.69, 9.17) is 46.4 Å². The zero-order chi connectivity index (χ0) is 11.3. The van der Waals surface area contributed by atoms with Crippen LogP contribution in [0.4, 0.5) is 0 Å². The fraction of sp³-hybridized carbons (Fsp3) is 0.600. The van der Waals surface area contributed by atoms with Gasteiger partial charge in [-0.25, -0.2) is 0 Å². The third-order valence-corrected chi connectivity index (χ3v) is 5.35. The van der Waals surface area contributed by atoms with Gasteiger partial charge in [0, 0.05) is 10.1 Å². The third kappa shape index (κ3) is 1.61. The smallest absolute Gasteiger partial charge is 0.0993 e. The number of alkyl halides is 2. The molecule has 0 nitrogen and oxygen atoms in total. The van der Waals surface area contributed by atoms with Crippen molar-refractivity contribution in [3.63, 3.8) is 0 Å². The van der Waals surface area contributed by atoms with Gasteiger partial charge >= 0.3 is 0 Å². The first-order valence-corrected chi connectivity index (χ1v) is 5.77. The molecule has 0 N–H and O–H groups in total. The van der Waals surface area contributed by atoms with Crippen LogP contribution in [0.15, 0.2) is 21.2 Å². The van der Waals surface area contributed by atoms with Crippen molar-refractivity contribution in [3.8, 4) is 0 Å². The van der Waals surface area contributed by atoms with Crippen molar-refractivity contribution >= 4 is 46.4 Å². The number of halogens is 4. The van der Waals surface area contributed by atoms with E-state index in [0.29, 0.717) is 10.1 Å². The second-order valence-electron chi connectivity index (χ2n) is 3.88. The zero-order valence-electron chi connectivity index (χ0n) is 8.51. The summed E-state index contributed by atoms with van der Waals surface area (Å²) in [5.74, 6) is 0. The van der Waals surface area contributed by atoms with Gasteiger partial charge in [0.05, 0.1) is 9.75 Å². The summed E-state index contributed by atoms with van der Waals surface area (Å²) < 4.78 is 0. The molecule has 0 amide bonds. The lowest BCUT2D eigenvalue weighted by Crippen LogP contribution is -2.34. The highest BCUT2D eigenvalue weighted by atomic mass is 35.5. The summed E-state index contributed by atoms with van der Waals surface area (Å²) in [6.45, 7) is 7.35. The van der Waals surface area contributed by atoms with E-state index >= 15 is 0 Å². The summed E-state index contributed by atoms with van der Waals surface area (Å²) in [6.07, 6.45) is 0. The average molecular weight is 274 g/mol. The van der Waals surface area contributed by atoms with Crippen molar-refractivity contribution < 1.29 is 0 Å². The van der Waals surface area contributed by atoms with Gasteiger partial charge in [-0.1, -0.05) is 23.2 Å². The Kier molecular flexibility index (Phi) is 3.26. The summed E-state index contributed by atoms with van der Waals surface area (Å²) in [6, 6.07) is 0. The van der Waals surface area contributed by atoms with Crippen molar-refractivity contribution in [3.05, 3.63) is 21.2 Å². The molecule has 0 saturated carbocycles. The summed E-state index contributed by atoms with van der Waals surface area (Å²) >= 11 is 24.9. The van der Waals surface area contributed by atoms with E-state index in [9.17, 15) is 0 Å². The lowest BCUT2D eigenvalue weighted by molar-refractivity contribution is 0.756. The molecule has 1 aliphatic rings. The second kappa shape index (κ2) is 3.59. The molecule has 14 heavy (non-hydrogen) atoms. The highest BCUT2D eigenvalue weighted by molar-refractivity contribution is 6.46. The number of rotatable bonds is 0. The second-order valence-corrected chi connectivity index (χ2v) is 6.15. The molecular formula is C10H12Cl4. The lowest BCUT2D eigenvalue weighted by Gasteiger charge is -2.38. The molecule has 4 heteroatoms. The summed E-state index contributed by atoms with van der Waals surface area (Å²) in [5, 5.41) is 1.14. The van der Waals surface area contributed by atoms with Gasteiger partial charge in [0.25, 0.3) is 0 Å². The molecule has 1 aliphatic carbocycles. The first kappa shape index (κ1) is 12.7.